The first-order chi connectivity index (χ1) is 8.15. The third kappa shape index (κ3) is 1.74. The number of halogens is 1. The molecule has 0 radical (unpaired) electrons. The molecular formula is C11H6FN3O2. The Bertz CT molecular complexity index is 628. The molecule has 2 heterocycles. The van der Waals surface area contributed by atoms with Gasteiger partial charge in [-0.15, -0.1) is 0 Å². The second-order valence-corrected chi connectivity index (χ2v) is 3.18. The summed E-state index contributed by atoms with van der Waals surface area (Å²) >= 11 is 0. The van der Waals surface area contributed by atoms with E-state index in [2.05, 4.69) is 4.98 Å². The van der Waals surface area contributed by atoms with Gasteiger partial charge in [-0.1, -0.05) is 0 Å². The summed E-state index contributed by atoms with van der Waals surface area (Å²) in [7, 11) is 0. The van der Waals surface area contributed by atoms with Gasteiger partial charge in [-0.05, 0) is 18.2 Å². The fourth-order valence-electron chi connectivity index (χ4n) is 1.42. The zero-order valence-corrected chi connectivity index (χ0v) is 8.46. The summed E-state index contributed by atoms with van der Waals surface area (Å²) in [6, 6.07) is 5.95. The second kappa shape index (κ2) is 4.06. The molecule has 2 aromatic rings. The largest absolute Gasteiger partial charge is 0.478 e. The van der Waals surface area contributed by atoms with Crippen LogP contribution < -0.4 is 0 Å². The maximum atomic E-state index is 13.8. The average Bonchev–Trinajstić information content (AvgIpc) is 2.76. The van der Waals surface area contributed by atoms with E-state index in [1.807, 2.05) is 6.07 Å². The van der Waals surface area contributed by atoms with E-state index in [1.54, 1.807) is 6.07 Å². The van der Waals surface area contributed by atoms with E-state index < -0.39 is 17.3 Å². The van der Waals surface area contributed by atoms with Crippen LogP contribution in [0.4, 0.5) is 4.39 Å². The lowest BCUT2D eigenvalue weighted by atomic mass is 10.2. The molecular weight excluding hydrogens is 225 g/mol. The molecule has 0 saturated heterocycles. The van der Waals surface area contributed by atoms with Crippen LogP contribution in [0.1, 0.15) is 16.1 Å². The number of carbonyl (C=O) groups is 1. The molecule has 0 amide bonds. The van der Waals surface area contributed by atoms with Gasteiger partial charge < -0.3 is 5.11 Å². The van der Waals surface area contributed by atoms with Gasteiger partial charge in [-0.25, -0.2) is 14.2 Å². The van der Waals surface area contributed by atoms with Gasteiger partial charge in [-0.3, -0.25) is 4.57 Å². The van der Waals surface area contributed by atoms with Crippen molar-refractivity contribution in [3.8, 4) is 11.9 Å². The maximum Gasteiger partial charge on any atom is 0.338 e. The Morgan fingerprint density at radius 3 is 2.94 bits per heavy atom. The molecule has 6 heteroatoms. The van der Waals surface area contributed by atoms with E-state index in [0.29, 0.717) is 0 Å². The summed E-state index contributed by atoms with van der Waals surface area (Å²) in [5.41, 5.74) is -0.300. The van der Waals surface area contributed by atoms with Crippen LogP contribution in [0.25, 0.3) is 5.82 Å². The fourth-order valence-corrected chi connectivity index (χ4v) is 1.42. The number of rotatable bonds is 2. The van der Waals surface area contributed by atoms with Crippen LogP contribution in [0.5, 0.6) is 0 Å². The molecule has 0 bridgehead atoms. The SMILES string of the molecule is N#Cc1cccn1-c1nccc(C(=O)O)c1F. The Hall–Kier alpha value is -2.68. The van der Waals surface area contributed by atoms with E-state index in [0.717, 1.165) is 6.07 Å². The molecule has 1 N–H and O–H groups in total. The van der Waals surface area contributed by atoms with Gasteiger partial charge in [0.2, 0.25) is 0 Å². The van der Waals surface area contributed by atoms with Crippen molar-refractivity contribution in [1.29, 1.82) is 5.26 Å². The van der Waals surface area contributed by atoms with Crippen LogP contribution in [-0.2, 0) is 0 Å². The standard InChI is InChI=1S/C11H6FN3O2/c12-9-8(11(16)17)3-4-14-10(9)15-5-1-2-7(15)6-13/h1-5H,(H,16,17). The van der Waals surface area contributed by atoms with E-state index in [-0.39, 0.29) is 11.5 Å². The fraction of sp³-hybridized carbons (Fsp3) is 0. The minimum absolute atomic E-state index is 0.180. The quantitative estimate of drug-likeness (QED) is 0.850. The Kier molecular flexibility index (Phi) is 2.58. The van der Waals surface area contributed by atoms with Crippen molar-refractivity contribution in [3.05, 3.63) is 47.7 Å². The van der Waals surface area contributed by atoms with Crippen molar-refractivity contribution in [1.82, 2.24) is 9.55 Å². The lowest BCUT2D eigenvalue weighted by Crippen LogP contribution is -2.08. The van der Waals surface area contributed by atoms with Gasteiger partial charge >= 0.3 is 5.97 Å². The number of pyridine rings is 1. The molecule has 0 saturated carbocycles. The summed E-state index contributed by atoms with van der Waals surface area (Å²) in [6.45, 7) is 0. The monoisotopic (exact) mass is 231 g/mol. The molecule has 0 unspecified atom stereocenters. The van der Waals surface area contributed by atoms with Gasteiger partial charge in [0.1, 0.15) is 17.3 Å². The number of carboxylic acid groups (broad SMARTS) is 1. The second-order valence-electron chi connectivity index (χ2n) is 3.18. The molecule has 0 aliphatic carbocycles. The first kappa shape index (κ1) is 10.8. The normalized spacial score (nSPS) is 9.88. The number of aromatic carboxylic acids is 1. The molecule has 0 aromatic carbocycles. The molecule has 0 spiro atoms. The summed E-state index contributed by atoms with van der Waals surface area (Å²) in [5.74, 6) is -2.55. The van der Waals surface area contributed by atoms with Crippen LogP contribution >= 0.6 is 0 Å². The van der Waals surface area contributed by atoms with Crippen molar-refractivity contribution in [2.24, 2.45) is 0 Å². The van der Waals surface area contributed by atoms with Gasteiger partial charge in [0, 0.05) is 12.4 Å². The highest BCUT2D eigenvalue weighted by Crippen LogP contribution is 2.16. The van der Waals surface area contributed by atoms with Crippen LogP contribution in [0.2, 0.25) is 0 Å². The van der Waals surface area contributed by atoms with Crippen molar-refractivity contribution >= 4 is 5.97 Å². The smallest absolute Gasteiger partial charge is 0.338 e. The Labute approximate surface area is 95.4 Å². The van der Waals surface area contributed by atoms with Crippen LogP contribution in [-0.4, -0.2) is 20.6 Å². The molecule has 5 nitrogen and oxygen atoms in total. The highest BCUT2D eigenvalue weighted by Gasteiger charge is 2.17. The van der Waals surface area contributed by atoms with Crippen molar-refractivity contribution in [2.75, 3.05) is 0 Å². The van der Waals surface area contributed by atoms with E-state index in [4.69, 9.17) is 10.4 Å². The molecule has 0 atom stereocenters. The highest BCUT2D eigenvalue weighted by atomic mass is 19.1. The van der Waals surface area contributed by atoms with Gasteiger partial charge in [0.15, 0.2) is 11.6 Å². The summed E-state index contributed by atoms with van der Waals surface area (Å²) in [4.78, 5) is 14.5. The summed E-state index contributed by atoms with van der Waals surface area (Å²) < 4.78 is 15.0. The van der Waals surface area contributed by atoms with Gasteiger partial charge in [-0.2, -0.15) is 5.26 Å². The molecule has 84 valence electrons. The lowest BCUT2D eigenvalue weighted by molar-refractivity contribution is 0.0691. The van der Waals surface area contributed by atoms with Crippen LogP contribution in [0.15, 0.2) is 30.6 Å². The molecule has 17 heavy (non-hydrogen) atoms. The molecule has 2 rings (SSSR count). The zero-order chi connectivity index (χ0) is 12.4. The Morgan fingerprint density at radius 1 is 1.53 bits per heavy atom. The van der Waals surface area contributed by atoms with Gasteiger partial charge in [0.25, 0.3) is 0 Å². The third-order valence-corrected chi connectivity index (χ3v) is 2.19. The molecule has 0 aliphatic rings. The van der Waals surface area contributed by atoms with E-state index in [1.165, 1.54) is 23.0 Å². The number of nitrogens with zero attached hydrogens (tertiary/aromatic N) is 3. The van der Waals surface area contributed by atoms with Crippen molar-refractivity contribution in [2.45, 2.75) is 0 Å². The lowest BCUT2D eigenvalue weighted by Gasteiger charge is -2.06. The summed E-state index contributed by atoms with van der Waals surface area (Å²) in [6.07, 6.45) is 2.62. The zero-order valence-electron chi connectivity index (χ0n) is 8.46. The van der Waals surface area contributed by atoms with Crippen molar-refractivity contribution in [3.63, 3.8) is 0 Å². The maximum absolute atomic E-state index is 13.8. The van der Waals surface area contributed by atoms with Crippen LogP contribution in [0, 0.1) is 17.1 Å². The number of carboxylic acids is 1. The number of aromatic nitrogens is 2. The predicted molar refractivity (Wildman–Crippen MR) is 55.2 cm³/mol. The van der Waals surface area contributed by atoms with E-state index >= 15 is 0 Å². The number of hydrogen-bond donors (Lipinski definition) is 1. The number of nitriles is 1. The van der Waals surface area contributed by atoms with E-state index in [9.17, 15) is 9.18 Å². The van der Waals surface area contributed by atoms with Crippen molar-refractivity contribution < 1.29 is 14.3 Å². The molecule has 2 aromatic heterocycles. The van der Waals surface area contributed by atoms with Gasteiger partial charge in [0.05, 0.1) is 0 Å². The minimum Gasteiger partial charge on any atom is -0.478 e. The molecule has 0 fully saturated rings. The Morgan fingerprint density at radius 2 is 2.29 bits per heavy atom. The average molecular weight is 231 g/mol. The molecule has 0 aliphatic heterocycles. The topological polar surface area (TPSA) is 78.9 Å². The first-order valence-corrected chi connectivity index (χ1v) is 4.60. The number of hydrogen-bond acceptors (Lipinski definition) is 3. The van der Waals surface area contributed by atoms with Crippen LogP contribution in [0.3, 0.4) is 0 Å². The Balaban J connectivity index is 2.66. The first-order valence-electron chi connectivity index (χ1n) is 4.60. The highest BCUT2D eigenvalue weighted by molar-refractivity contribution is 5.88. The predicted octanol–water partition coefficient (Wildman–Crippen LogP) is 1.58. The summed E-state index contributed by atoms with van der Waals surface area (Å²) in [5, 5.41) is 17.6. The minimum atomic E-state index is -1.38. The third-order valence-electron chi connectivity index (χ3n) is 2.19.